The number of hydrogen-bond acceptors (Lipinski definition) is 5. The summed E-state index contributed by atoms with van der Waals surface area (Å²) in [4.78, 5) is 3.12. The van der Waals surface area contributed by atoms with Crippen LogP contribution in [0, 0.1) is 6.92 Å². The predicted molar refractivity (Wildman–Crippen MR) is 198 cm³/mol. The fraction of sp³-hybridized carbons (Fsp3) is 0.282. The average Bonchev–Trinajstić information content (AvgIpc) is 3.08. The SMILES string of the molecule is CCOc1ccc2c(c1/C([S-])=C(/[S-])c1ccccc1)CCCC2.Cc1ccc2c(c1/C([S-])=C(/[S-])c1ccccc1)CCCC2.[Ni]. The summed E-state index contributed by atoms with van der Waals surface area (Å²) in [5.74, 6) is 0.872. The summed E-state index contributed by atoms with van der Waals surface area (Å²) in [6, 6.07) is 28.8. The van der Waals surface area contributed by atoms with Gasteiger partial charge in [-0.3, -0.25) is 0 Å². The van der Waals surface area contributed by atoms with Crippen LogP contribution < -0.4 is 4.74 Å². The third-order valence-corrected chi connectivity index (χ3v) is 10.4. The molecule has 45 heavy (non-hydrogen) atoms. The number of benzene rings is 4. The number of hydrogen-bond donors (Lipinski definition) is 0. The third-order valence-electron chi connectivity index (χ3n) is 8.47. The second-order valence-electron chi connectivity index (χ2n) is 11.4. The van der Waals surface area contributed by atoms with Crippen molar-refractivity contribution in [2.45, 2.75) is 65.2 Å². The van der Waals surface area contributed by atoms with Crippen molar-refractivity contribution < 1.29 is 21.2 Å². The van der Waals surface area contributed by atoms with E-state index in [-0.39, 0.29) is 16.5 Å². The molecular weight excluding hydrogens is 671 g/mol. The van der Waals surface area contributed by atoms with Gasteiger partial charge in [0.25, 0.3) is 0 Å². The van der Waals surface area contributed by atoms with Crippen LogP contribution in [-0.2, 0) is 92.7 Å². The molecule has 2 aliphatic carbocycles. The molecule has 4 aromatic rings. The molecule has 0 spiro atoms. The molecule has 0 aromatic heterocycles. The van der Waals surface area contributed by atoms with Crippen molar-refractivity contribution in [3.05, 3.63) is 135 Å². The molecule has 0 fully saturated rings. The van der Waals surface area contributed by atoms with Gasteiger partial charge in [0.1, 0.15) is 5.75 Å². The Balaban J connectivity index is 0.000000201. The van der Waals surface area contributed by atoms with Crippen LogP contribution in [0.1, 0.15) is 82.7 Å². The Morgan fingerprint density at radius 2 is 1.00 bits per heavy atom. The van der Waals surface area contributed by atoms with E-state index < -0.39 is 0 Å². The van der Waals surface area contributed by atoms with Crippen molar-refractivity contribution in [2.75, 3.05) is 6.61 Å². The summed E-state index contributed by atoms with van der Waals surface area (Å²) in [5, 5.41) is 0. The number of aryl methyl sites for hydroxylation is 3. The van der Waals surface area contributed by atoms with Crippen molar-refractivity contribution in [3.63, 3.8) is 0 Å². The van der Waals surface area contributed by atoms with E-state index in [9.17, 15) is 0 Å². The van der Waals surface area contributed by atoms with Crippen molar-refractivity contribution in [1.82, 2.24) is 0 Å². The van der Waals surface area contributed by atoms with Crippen LogP contribution in [0.3, 0.4) is 0 Å². The number of ether oxygens (including phenoxy) is 1. The molecule has 0 saturated heterocycles. The minimum Gasteiger partial charge on any atom is -0.781 e. The third kappa shape index (κ3) is 8.28. The van der Waals surface area contributed by atoms with Crippen LogP contribution in [0.15, 0.2) is 84.9 Å². The fourth-order valence-corrected chi connectivity index (χ4v) is 7.48. The molecule has 6 heteroatoms. The first-order valence-corrected chi connectivity index (χ1v) is 17.2. The van der Waals surface area contributed by atoms with Gasteiger partial charge in [0.05, 0.1) is 6.61 Å². The van der Waals surface area contributed by atoms with Gasteiger partial charge in [-0.2, -0.15) is 19.6 Å². The first kappa shape index (κ1) is 35.4. The molecule has 0 N–H and O–H groups in total. The summed E-state index contributed by atoms with van der Waals surface area (Å²) >= 11 is 22.9. The zero-order chi connectivity index (χ0) is 31.1. The maximum absolute atomic E-state index is 5.86. The van der Waals surface area contributed by atoms with Crippen LogP contribution in [0.4, 0.5) is 0 Å². The largest absolute Gasteiger partial charge is 0.781 e. The molecule has 1 nitrogen and oxygen atoms in total. The Labute approximate surface area is 301 Å². The minimum absolute atomic E-state index is 0. The summed E-state index contributed by atoms with van der Waals surface area (Å²) < 4.78 is 5.86. The second-order valence-corrected chi connectivity index (χ2v) is 13.0. The summed E-state index contributed by atoms with van der Waals surface area (Å²) in [5.41, 5.74) is 11.2. The van der Waals surface area contributed by atoms with E-state index in [1.165, 1.54) is 65.5 Å². The van der Waals surface area contributed by atoms with Gasteiger partial charge in [0.2, 0.25) is 0 Å². The minimum atomic E-state index is 0. The van der Waals surface area contributed by atoms with Crippen molar-refractivity contribution in [3.8, 4) is 5.75 Å². The van der Waals surface area contributed by atoms with Gasteiger partial charge in [0, 0.05) is 16.5 Å². The molecule has 6 rings (SSSR count). The summed E-state index contributed by atoms with van der Waals surface area (Å²) in [6.45, 7) is 4.78. The zero-order valence-corrected chi connectivity index (χ0v) is 30.1. The summed E-state index contributed by atoms with van der Waals surface area (Å²) in [6.07, 6.45) is 9.47. The molecule has 0 aliphatic heterocycles. The van der Waals surface area contributed by atoms with Gasteiger partial charge in [0.15, 0.2) is 0 Å². The Morgan fingerprint density at radius 1 is 0.556 bits per heavy atom. The Kier molecular flexibility index (Phi) is 13.3. The average molecular weight is 710 g/mol. The van der Waals surface area contributed by atoms with Gasteiger partial charge in [-0.1, -0.05) is 78.9 Å². The first-order valence-electron chi connectivity index (χ1n) is 15.6. The van der Waals surface area contributed by atoms with Gasteiger partial charge >= 0.3 is 0 Å². The standard InChI is InChI=1S/C20H22OS2.C19H20S2.Ni/c1-2-21-17-13-12-14-8-6-7-11-16(14)18(17)20(23)19(22)15-9-4-3-5-10-15;1-13-11-12-14-7-5-6-10-16(14)17(13)19(21)18(20)15-8-3-2-4-9-15;/h3-5,9-10,12-13,22-23H,2,6-8,11H2,1H3;2-4,8-9,11-12,20-21H,5-7,10H2,1H3;/p-4/b20-19-;19-18-;. The fourth-order valence-electron chi connectivity index (χ4n) is 6.26. The van der Waals surface area contributed by atoms with Gasteiger partial charge in [-0.05, 0) is 121 Å². The second kappa shape index (κ2) is 16.9. The van der Waals surface area contributed by atoms with Crippen LogP contribution in [0.2, 0.25) is 0 Å². The molecule has 2 aliphatic rings. The first-order chi connectivity index (χ1) is 21.4. The molecule has 0 unspecified atom stereocenters. The molecule has 0 heterocycles. The maximum Gasteiger partial charge on any atom is 0.125 e. The molecule has 0 amide bonds. The Morgan fingerprint density at radius 3 is 1.51 bits per heavy atom. The van der Waals surface area contributed by atoms with E-state index in [4.69, 9.17) is 55.3 Å². The molecule has 0 radical (unpaired) electrons. The van der Waals surface area contributed by atoms with E-state index in [1.807, 2.05) is 67.6 Å². The maximum atomic E-state index is 5.86. The van der Waals surface area contributed by atoms with E-state index in [2.05, 4.69) is 31.2 Å². The molecule has 0 saturated carbocycles. The van der Waals surface area contributed by atoms with E-state index in [0.717, 1.165) is 61.3 Å². The number of fused-ring (bicyclic) bond motifs is 2. The van der Waals surface area contributed by atoms with E-state index >= 15 is 0 Å². The van der Waals surface area contributed by atoms with Crippen LogP contribution >= 0.6 is 0 Å². The zero-order valence-electron chi connectivity index (χ0n) is 25.8. The Bertz CT molecular complexity index is 1660. The monoisotopic (exact) mass is 708 g/mol. The molecule has 238 valence electrons. The normalized spacial score (nSPS) is 14.7. The molecule has 0 atom stereocenters. The van der Waals surface area contributed by atoms with Crippen LogP contribution in [0.5, 0.6) is 5.75 Å². The van der Waals surface area contributed by atoms with E-state index in [1.54, 1.807) is 0 Å². The molecule has 4 aromatic carbocycles. The van der Waals surface area contributed by atoms with Crippen molar-refractivity contribution in [1.29, 1.82) is 0 Å². The van der Waals surface area contributed by atoms with Crippen LogP contribution in [0.25, 0.3) is 19.6 Å². The summed E-state index contributed by atoms with van der Waals surface area (Å²) in [7, 11) is 0. The van der Waals surface area contributed by atoms with Gasteiger partial charge < -0.3 is 55.3 Å². The smallest absolute Gasteiger partial charge is 0.125 e. The van der Waals surface area contributed by atoms with Crippen LogP contribution in [-0.4, -0.2) is 6.61 Å². The van der Waals surface area contributed by atoms with Gasteiger partial charge in [-0.25, -0.2) is 0 Å². The molecular formula is C39H38NiOS4-4. The van der Waals surface area contributed by atoms with Crippen molar-refractivity contribution >= 4 is 70.1 Å². The van der Waals surface area contributed by atoms with E-state index in [0.29, 0.717) is 6.61 Å². The number of rotatable bonds is 6. The molecule has 0 bridgehead atoms. The topological polar surface area (TPSA) is 9.23 Å². The predicted octanol–water partition coefficient (Wildman–Crippen LogP) is 9.67. The van der Waals surface area contributed by atoms with Crippen molar-refractivity contribution in [2.24, 2.45) is 0 Å². The Hall–Kier alpha value is -2.47. The van der Waals surface area contributed by atoms with Gasteiger partial charge in [-0.15, -0.1) is 0 Å². The quantitative estimate of drug-likeness (QED) is 0.112.